The number of phenolic OH excluding ortho intramolecular Hbond substituents is 1. The van der Waals surface area contributed by atoms with Crippen LogP contribution in [0.2, 0.25) is 0 Å². The molecule has 0 fully saturated rings. The molecule has 0 aromatic heterocycles. The molecule has 0 heterocycles. The minimum atomic E-state index is -4.92. The lowest BCUT2D eigenvalue weighted by atomic mass is 10.1. The van der Waals surface area contributed by atoms with Gasteiger partial charge < -0.3 is 10.8 Å². The molecule has 0 aliphatic carbocycles. The Kier molecular flexibility index (Phi) is 5.98. The van der Waals surface area contributed by atoms with E-state index < -0.39 is 50.8 Å². The van der Waals surface area contributed by atoms with Gasteiger partial charge in [-0.1, -0.05) is 6.07 Å². The van der Waals surface area contributed by atoms with Gasteiger partial charge in [-0.3, -0.25) is 13.7 Å². The largest absolute Gasteiger partial charge is 0.507 e. The molecule has 6 N–H and O–H groups in total. The molecule has 188 valence electrons. The number of azo groups is 1. The summed E-state index contributed by atoms with van der Waals surface area (Å²) in [4.78, 5) is -2.13. The van der Waals surface area contributed by atoms with Crippen LogP contribution in [0.1, 0.15) is 0 Å². The molecular formula is C20H15N3O10S3. The van der Waals surface area contributed by atoms with Gasteiger partial charge in [0.05, 0.1) is 26.6 Å². The Morgan fingerprint density at radius 3 is 1.92 bits per heavy atom. The standard InChI is InChI=1S/C20H15N3O10S3/c21-16-3-4-17(20-15(16)7-13(8-18(20)24)35(28,29)30)23-22-11-2-1-10-5-12(34(25,26)27)9-19(14(10)6-11)36(31,32)33/h1-9,24H,21H2,(H,25,26,27)(H,28,29,30)(H,31,32,33). The number of nitrogen functional groups attached to an aromatic ring is 1. The fourth-order valence-corrected chi connectivity index (χ4v) is 5.37. The molecule has 0 saturated carbocycles. The van der Waals surface area contributed by atoms with Gasteiger partial charge in [0.15, 0.2) is 0 Å². The predicted octanol–water partition coefficient (Wildman–Crippen LogP) is 3.44. The average molecular weight is 554 g/mol. The molecule has 0 amide bonds. The summed E-state index contributed by atoms with van der Waals surface area (Å²) in [6.45, 7) is 0. The summed E-state index contributed by atoms with van der Waals surface area (Å²) in [5, 5.41) is 18.4. The van der Waals surface area contributed by atoms with Crippen LogP contribution in [0.5, 0.6) is 5.75 Å². The lowest BCUT2D eigenvalue weighted by Gasteiger charge is -2.09. The molecule has 0 spiro atoms. The number of nitrogens with two attached hydrogens (primary N) is 1. The van der Waals surface area contributed by atoms with Gasteiger partial charge in [-0.25, -0.2) is 0 Å². The highest BCUT2D eigenvalue weighted by Crippen LogP contribution is 2.39. The molecule has 0 unspecified atom stereocenters. The number of nitrogens with zero attached hydrogens (tertiary/aromatic N) is 2. The van der Waals surface area contributed by atoms with E-state index in [-0.39, 0.29) is 38.6 Å². The first-order chi connectivity index (χ1) is 16.6. The molecular weight excluding hydrogens is 538 g/mol. The van der Waals surface area contributed by atoms with Crippen molar-refractivity contribution in [3.63, 3.8) is 0 Å². The maximum absolute atomic E-state index is 11.9. The van der Waals surface area contributed by atoms with Crippen molar-refractivity contribution in [3.8, 4) is 5.75 Å². The van der Waals surface area contributed by atoms with Gasteiger partial charge in [-0.2, -0.15) is 30.4 Å². The molecule has 0 bridgehead atoms. The number of fused-ring (bicyclic) bond motifs is 2. The smallest absolute Gasteiger partial charge is 0.295 e. The molecule has 0 aliphatic rings. The number of phenols is 1. The molecule has 0 atom stereocenters. The van der Waals surface area contributed by atoms with E-state index in [4.69, 9.17) is 5.73 Å². The third-order valence-corrected chi connectivity index (χ3v) is 7.66. The minimum Gasteiger partial charge on any atom is -0.507 e. The molecule has 4 aromatic carbocycles. The van der Waals surface area contributed by atoms with Gasteiger partial charge in [0.25, 0.3) is 30.4 Å². The second-order valence-corrected chi connectivity index (χ2v) is 11.7. The van der Waals surface area contributed by atoms with E-state index in [1.165, 1.54) is 30.3 Å². The molecule has 4 rings (SSSR count). The molecule has 36 heavy (non-hydrogen) atoms. The summed E-state index contributed by atoms with van der Waals surface area (Å²) < 4.78 is 97.8. The van der Waals surface area contributed by atoms with Crippen molar-refractivity contribution in [2.24, 2.45) is 10.2 Å². The van der Waals surface area contributed by atoms with Crippen molar-refractivity contribution in [3.05, 3.63) is 54.6 Å². The van der Waals surface area contributed by atoms with Crippen LogP contribution in [0.15, 0.2) is 79.5 Å². The van der Waals surface area contributed by atoms with Crippen LogP contribution in [-0.2, 0) is 30.4 Å². The highest BCUT2D eigenvalue weighted by atomic mass is 32.2. The zero-order chi connectivity index (χ0) is 26.6. The summed E-state index contributed by atoms with van der Waals surface area (Å²) in [7, 11) is -14.3. The van der Waals surface area contributed by atoms with Crippen LogP contribution in [0.3, 0.4) is 0 Å². The first-order valence-electron chi connectivity index (χ1n) is 9.53. The van der Waals surface area contributed by atoms with Crippen molar-refractivity contribution in [2.75, 3.05) is 5.73 Å². The molecule has 16 heteroatoms. The lowest BCUT2D eigenvalue weighted by Crippen LogP contribution is -2.04. The van der Waals surface area contributed by atoms with E-state index in [0.29, 0.717) is 6.07 Å². The second kappa shape index (κ2) is 8.47. The summed E-state index contributed by atoms with van der Waals surface area (Å²) in [5.41, 5.74) is 6.03. The molecule has 0 saturated heterocycles. The monoisotopic (exact) mass is 553 g/mol. The maximum Gasteiger partial charge on any atom is 0.295 e. The highest BCUT2D eigenvalue weighted by Gasteiger charge is 2.21. The van der Waals surface area contributed by atoms with Crippen LogP contribution in [-0.4, -0.2) is 44.0 Å². The van der Waals surface area contributed by atoms with Crippen LogP contribution in [0.4, 0.5) is 17.1 Å². The number of hydrogen-bond donors (Lipinski definition) is 5. The van der Waals surface area contributed by atoms with Gasteiger partial charge in [-0.15, -0.1) is 5.11 Å². The van der Waals surface area contributed by atoms with Crippen molar-refractivity contribution >= 4 is 69.0 Å². The summed E-state index contributed by atoms with van der Waals surface area (Å²) in [6, 6.07) is 9.97. The van der Waals surface area contributed by atoms with E-state index in [0.717, 1.165) is 18.2 Å². The summed E-state index contributed by atoms with van der Waals surface area (Å²) in [6.07, 6.45) is 0. The lowest BCUT2D eigenvalue weighted by molar-refractivity contribution is 0.471. The zero-order valence-electron chi connectivity index (χ0n) is 17.6. The van der Waals surface area contributed by atoms with Gasteiger partial charge in [0, 0.05) is 22.5 Å². The Balaban J connectivity index is 1.89. The SMILES string of the molecule is Nc1ccc(N=Nc2ccc3cc(S(=O)(=O)O)cc(S(=O)(=O)O)c3c2)c2c(O)cc(S(=O)(=O)O)cc12. The fourth-order valence-electron chi connectivity index (χ4n) is 3.49. The average Bonchev–Trinajstić information content (AvgIpc) is 2.76. The third-order valence-electron chi connectivity index (χ3n) is 5.10. The number of anilines is 1. The number of benzene rings is 4. The third kappa shape index (κ3) is 4.85. The van der Waals surface area contributed by atoms with Crippen molar-refractivity contribution < 1.29 is 44.0 Å². The Morgan fingerprint density at radius 2 is 1.31 bits per heavy atom. The first kappa shape index (κ1) is 25.4. The number of rotatable bonds is 5. The summed E-state index contributed by atoms with van der Waals surface area (Å²) in [5.74, 6) is -0.564. The van der Waals surface area contributed by atoms with E-state index in [2.05, 4.69) is 10.2 Å². The topological polar surface area (TPSA) is 234 Å². The Bertz CT molecular complexity index is 1940. The van der Waals surface area contributed by atoms with Crippen LogP contribution < -0.4 is 5.73 Å². The molecule has 0 aliphatic heterocycles. The summed E-state index contributed by atoms with van der Waals surface area (Å²) >= 11 is 0. The van der Waals surface area contributed by atoms with Gasteiger partial charge >= 0.3 is 0 Å². The maximum atomic E-state index is 11.9. The quantitative estimate of drug-likeness (QED) is 0.136. The van der Waals surface area contributed by atoms with Gasteiger partial charge in [-0.05, 0) is 47.9 Å². The highest BCUT2D eigenvalue weighted by molar-refractivity contribution is 7.87. The van der Waals surface area contributed by atoms with E-state index in [9.17, 15) is 44.0 Å². The Labute approximate surface area is 203 Å². The first-order valence-corrected chi connectivity index (χ1v) is 13.8. The normalized spacial score (nSPS) is 13.1. The van der Waals surface area contributed by atoms with Crippen LogP contribution in [0.25, 0.3) is 21.5 Å². The van der Waals surface area contributed by atoms with E-state index >= 15 is 0 Å². The van der Waals surface area contributed by atoms with Crippen molar-refractivity contribution in [1.29, 1.82) is 0 Å². The van der Waals surface area contributed by atoms with E-state index in [1.54, 1.807) is 0 Å². The molecule has 13 nitrogen and oxygen atoms in total. The van der Waals surface area contributed by atoms with Crippen molar-refractivity contribution in [2.45, 2.75) is 14.7 Å². The molecule has 4 aromatic rings. The van der Waals surface area contributed by atoms with Crippen LogP contribution >= 0.6 is 0 Å². The second-order valence-electron chi connectivity index (χ2n) is 7.49. The van der Waals surface area contributed by atoms with E-state index in [1.807, 2.05) is 0 Å². The fraction of sp³-hybridized carbons (Fsp3) is 0. The number of aromatic hydroxyl groups is 1. The zero-order valence-corrected chi connectivity index (χ0v) is 20.1. The Morgan fingerprint density at radius 1 is 0.667 bits per heavy atom. The number of hydrogen-bond acceptors (Lipinski definition) is 10. The van der Waals surface area contributed by atoms with Gasteiger partial charge in [0.1, 0.15) is 10.6 Å². The molecule has 0 radical (unpaired) electrons. The predicted molar refractivity (Wildman–Crippen MR) is 128 cm³/mol. The van der Waals surface area contributed by atoms with Gasteiger partial charge in [0.2, 0.25) is 0 Å². The Hall–Kier alpha value is -3.67. The minimum absolute atomic E-state index is 0.0170. The van der Waals surface area contributed by atoms with Crippen LogP contribution in [0, 0.1) is 0 Å². The van der Waals surface area contributed by atoms with Crippen molar-refractivity contribution in [1.82, 2.24) is 0 Å².